The minimum atomic E-state index is -0.629. The number of hydrogen-bond acceptors (Lipinski definition) is 5. The van der Waals surface area contributed by atoms with Crippen molar-refractivity contribution >= 4 is 5.91 Å². The van der Waals surface area contributed by atoms with Crippen molar-refractivity contribution in [3.63, 3.8) is 0 Å². The summed E-state index contributed by atoms with van der Waals surface area (Å²) in [5.74, 6) is 0.934. The maximum atomic E-state index is 11.2. The Kier molecular flexibility index (Phi) is 4.91. The van der Waals surface area contributed by atoms with Crippen molar-refractivity contribution in [3.8, 4) is 0 Å². The van der Waals surface area contributed by atoms with E-state index in [0.717, 1.165) is 6.54 Å². The molecule has 114 valence electrons. The van der Waals surface area contributed by atoms with Gasteiger partial charge in [-0.05, 0) is 26.3 Å². The van der Waals surface area contributed by atoms with E-state index in [1.165, 1.54) is 6.92 Å². The molecule has 0 atom stereocenters. The van der Waals surface area contributed by atoms with Gasteiger partial charge in [-0.3, -0.25) is 9.69 Å². The van der Waals surface area contributed by atoms with Crippen LogP contribution in [0.5, 0.6) is 0 Å². The second-order valence-electron chi connectivity index (χ2n) is 7.05. The highest BCUT2D eigenvalue weighted by Crippen LogP contribution is 2.18. The number of carbonyl (C=O) groups is 1. The van der Waals surface area contributed by atoms with Crippen LogP contribution in [0.2, 0.25) is 0 Å². The zero-order chi connectivity index (χ0) is 15.6. The Bertz CT molecular complexity index is 460. The molecule has 1 rings (SSSR count). The molecule has 1 aromatic heterocycles. The Balaban J connectivity index is 2.70. The van der Waals surface area contributed by atoms with Crippen molar-refractivity contribution in [2.75, 3.05) is 13.6 Å². The van der Waals surface area contributed by atoms with Gasteiger partial charge in [0.1, 0.15) is 0 Å². The lowest BCUT2D eigenvalue weighted by molar-refractivity contribution is -0.120. The molecule has 0 bridgehead atoms. The van der Waals surface area contributed by atoms with Crippen LogP contribution in [-0.2, 0) is 16.9 Å². The third-order valence-corrected chi connectivity index (χ3v) is 2.67. The van der Waals surface area contributed by atoms with Gasteiger partial charge in [-0.2, -0.15) is 4.98 Å². The van der Waals surface area contributed by atoms with Gasteiger partial charge in [0.2, 0.25) is 11.8 Å². The predicted octanol–water partition coefficient (Wildman–Crippen LogP) is 1.92. The van der Waals surface area contributed by atoms with E-state index in [0.29, 0.717) is 18.3 Å². The van der Waals surface area contributed by atoms with Gasteiger partial charge in [-0.1, -0.05) is 25.9 Å². The third kappa shape index (κ3) is 5.28. The summed E-state index contributed by atoms with van der Waals surface area (Å²) in [4.78, 5) is 17.7. The molecule has 1 amide bonds. The van der Waals surface area contributed by atoms with E-state index in [2.05, 4.69) is 41.1 Å². The Morgan fingerprint density at radius 2 is 1.90 bits per heavy atom. The van der Waals surface area contributed by atoms with Crippen molar-refractivity contribution in [1.29, 1.82) is 0 Å². The molecule has 0 aliphatic carbocycles. The fourth-order valence-electron chi connectivity index (χ4n) is 2.17. The standard InChI is InChI=1S/C14H26N4O2/c1-10(19)16-14(5,6)12-15-11(20-17-12)8-18(7)9-13(2,3)4/h8-9H2,1-7H3,(H,16,19). The summed E-state index contributed by atoms with van der Waals surface area (Å²) >= 11 is 0. The normalized spacial score (nSPS) is 12.8. The van der Waals surface area contributed by atoms with E-state index in [-0.39, 0.29) is 11.3 Å². The fraction of sp³-hybridized carbons (Fsp3) is 0.786. The van der Waals surface area contributed by atoms with Gasteiger partial charge < -0.3 is 9.84 Å². The van der Waals surface area contributed by atoms with Gasteiger partial charge in [-0.15, -0.1) is 0 Å². The number of amides is 1. The number of rotatable bonds is 5. The van der Waals surface area contributed by atoms with Crippen molar-refractivity contribution in [3.05, 3.63) is 11.7 Å². The first-order valence-corrected chi connectivity index (χ1v) is 6.80. The molecule has 0 fully saturated rings. The van der Waals surface area contributed by atoms with Crippen molar-refractivity contribution in [2.45, 2.75) is 53.6 Å². The minimum Gasteiger partial charge on any atom is -0.344 e. The van der Waals surface area contributed by atoms with Crippen LogP contribution < -0.4 is 5.32 Å². The molecule has 0 unspecified atom stereocenters. The molecule has 0 saturated heterocycles. The Morgan fingerprint density at radius 1 is 1.30 bits per heavy atom. The molecule has 20 heavy (non-hydrogen) atoms. The SMILES string of the molecule is CC(=O)NC(C)(C)c1noc(CN(C)CC(C)(C)C)n1. The maximum Gasteiger partial charge on any atom is 0.240 e. The zero-order valence-corrected chi connectivity index (χ0v) is 13.6. The zero-order valence-electron chi connectivity index (χ0n) is 13.6. The minimum absolute atomic E-state index is 0.119. The number of nitrogens with zero attached hydrogens (tertiary/aromatic N) is 3. The molecule has 0 saturated carbocycles. The van der Waals surface area contributed by atoms with Gasteiger partial charge in [0.25, 0.3) is 0 Å². The molecule has 1 aromatic rings. The van der Waals surface area contributed by atoms with E-state index >= 15 is 0 Å². The highest BCUT2D eigenvalue weighted by atomic mass is 16.5. The Morgan fingerprint density at radius 3 is 2.40 bits per heavy atom. The smallest absolute Gasteiger partial charge is 0.240 e. The van der Waals surface area contributed by atoms with Crippen LogP contribution in [0.25, 0.3) is 0 Å². The summed E-state index contributed by atoms with van der Waals surface area (Å²) < 4.78 is 5.26. The van der Waals surface area contributed by atoms with Crippen molar-refractivity contribution < 1.29 is 9.32 Å². The van der Waals surface area contributed by atoms with Crippen LogP contribution >= 0.6 is 0 Å². The first-order valence-electron chi connectivity index (χ1n) is 6.80. The first-order chi connectivity index (χ1) is 8.99. The lowest BCUT2D eigenvalue weighted by Crippen LogP contribution is -2.40. The average molecular weight is 282 g/mol. The maximum absolute atomic E-state index is 11.2. The third-order valence-electron chi connectivity index (χ3n) is 2.67. The number of carbonyl (C=O) groups excluding carboxylic acids is 1. The van der Waals surface area contributed by atoms with Gasteiger partial charge in [0, 0.05) is 13.5 Å². The Hall–Kier alpha value is -1.43. The lowest BCUT2D eigenvalue weighted by atomic mass is 9.96. The highest BCUT2D eigenvalue weighted by molar-refractivity contribution is 5.73. The number of hydrogen-bond donors (Lipinski definition) is 1. The van der Waals surface area contributed by atoms with Crippen LogP contribution in [0.1, 0.15) is 53.3 Å². The molecule has 0 aliphatic heterocycles. The average Bonchev–Trinajstić information content (AvgIpc) is 2.60. The highest BCUT2D eigenvalue weighted by Gasteiger charge is 2.28. The molecule has 1 N–H and O–H groups in total. The largest absolute Gasteiger partial charge is 0.344 e. The van der Waals surface area contributed by atoms with Gasteiger partial charge in [-0.25, -0.2) is 0 Å². The van der Waals surface area contributed by atoms with E-state index in [9.17, 15) is 4.79 Å². The van der Waals surface area contributed by atoms with Gasteiger partial charge >= 0.3 is 0 Å². The van der Waals surface area contributed by atoms with Crippen molar-refractivity contribution in [1.82, 2.24) is 20.4 Å². The van der Waals surface area contributed by atoms with Crippen molar-refractivity contribution in [2.24, 2.45) is 5.41 Å². The van der Waals surface area contributed by atoms with E-state index in [1.807, 2.05) is 20.9 Å². The summed E-state index contributed by atoms with van der Waals surface area (Å²) in [7, 11) is 2.02. The lowest BCUT2D eigenvalue weighted by Gasteiger charge is -2.25. The summed E-state index contributed by atoms with van der Waals surface area (Å²) in [6.07, 6.45) is 0. The van der Waals surface area contributed by atoms with Crippen LogP contribution in [0.15, 0.2) is 4.52 Å². The molecular weight excluding hydrogens is 256 g/mol. The van der Waals surface area contributed by atoms with Gasteiger partial charge in [0.15, 0.2) is 5.82 Å². The second kappa shape index (κ2) is 5.91. The monoisotopic (exact) mass is 282 g/mol. The molecule has 0 radical (unpaired) electrons. The molecular formula is C14H26N4O2. The second-order valence-corrected chi connectivity index (χ2v) is 7.05. The quantitative estimate of drug-likeness (QED) is 0.893. The predicted molar refractivity (Wildman–Crippen MR) is 76.9 cm³/mol. The first kappa shape index (κ1) is 16.6. The summed E-state index contributed by atoms with van der Waals surface area (Å²) in [6, 6.07) is 0. The van der Waals surface area contributed by atoms with Crippen LogP contribution in [0, 0.1) is 5.41 Å². The number of aromatic nitrogens is 2. The summed E-state index contributed by atoms with van der Waals surface area (Å²) in [5.41, 5.74) is -0.413. The number of nitrogens with one attached hydrogen (secondary N) is 1. The van der Waals surface area contributed by atoms with E-state index in [1.54, 1.807) is 0 Å². The summed E-state index contributed by atoms with van der Waals surface area (Å²) in [5, 5.41) is 6.77. The molecule has 0 spiro atoms. The topological polar surface area (TPSA) is 71.3 Å². The van der Waals surface area contributed by atoms with Gasteiger partial charge in [0.05, 0.1) is 12.1 Å². The van der Waals surface area contributed by atoms with E-state index in [4.69, 9.17) is 4.52 Å². The molecule has 1 heterocycles. The van der Waals surface area contributed by atoms with Crippen LogP contribution in [0.3, 0.4) is 0 Å². The van der Waals surface area contributed by atoms with Crippen LogP contribution in [0.4, 0.5) is 0 Å². The van der Waals surface area contributed by atoms with E-state index < -0.39 is 5.54 Å². The molecule has 0 aromatic carbocycles. The molecule has 6 heteroatoms. The molecule has 0 aliphatic rings. The Labute approximate surface area is 120 Å². The summed E-state index contributed by atoms with van der Waals surface area (Å²) in [6.45, 7) is 13.2. The molecule has 6 nitrogen and oxygen atoms in total. The fourth-order valence-corrected chi connectivity index (χ4v) is 2.17. The van der Waals surface area contributed by atoms with Crippen LogP contribution in [-0.4, -0.2) is 34.5 Å².